The summed E-state index contributed by atoms with van der Waals surface area (Å²) in [5.74, 6) is 0.802. The summed E-state index contributed by atoms with van der Waals surface area (Å²) in [6, 6.07) is 8.04. The van der Waals surface area contributed by atoms with Crippen molar-refractivity contribution < 1.29 is 22.6 Å². The Kier molecular flexibility index (Phi) is 9.75. The van der Waals surface area contributed by atoms with Crippen LogP contribution in [0.15, 0.2) is 47.0 Å². The molecule has 3 nitrogen and oxygen atoms in total. The molecule has 0 saturated carbocycles. The Balaban J connectivity index is 1.73. The Labute approximate surface area is 192 Å². The number of unbranched alkanes of at least 4 members (excludes halogenated alkanes) is 1. The first-order valence-corrected chi connectivity index (χ1v) is 10.3. The smallest absolute Gasteiger partial charge is 0.416 e. The van der Waals surface area contributed by atoms with Crippen LogP contribution in [0.5, 0.6) is 11.5 Å². The second kappa shape index (κ2) is 11.8. The Morgan fingerprint density at radius 1 is 0.967 bits per heavy atom. The van der Waals surface area contributed by atoms with Crippen LogP contribution in [-0.4, -0.2) is 19.8 Å². The molecule has 0 atom stereocenters. The molecule has 2 aromatic carbocycles. The van der Waals surface area contributed by atoms with Crippen molar-refractivity contribution in [3.63, 3.8) is 0 Å². The summed E-state index contributed by atoms with van der Waals surface area (Å²) in [4.78, 5) is 0. The molecule has 0 fully saturated rings. The van der Waals surface area contributed by atoms with E-state index in [0.29, 0.717) is 46.8 Å². The van der Waals surface area contributed by atoms with Gasteiger partial charge in [-0.05, 0) is 43.2 Å². The summed E-state index contributed by atoms with van der Waals surface area (Å²) < 4.78 is 48.8. The lowest BCUT2D eigenvalue weighted by Gasteiger charge is -2.13. The van der Waals surface area contributed by atoms with Crippen LogP contribution in [0.25, 0.3) is 0 Å². The van der Waals surface area contributed by atoms with Crippen LogP contribution in [0, 0.1) is 0 Å². The van der Waals surface area contributed by atoms with Gasteiger partial charge in [-0.3, -0.25) is 0 Å². The summed E-state index contributed by atoms with van der Waals surface area (Å²) in [6.45, 7) is 1.12. The van der Waals surface area contributed by atoms with Gasteiger partial charge in [0.15, 0.2) is 5.75 Å². The zero-order chi connectivity index (χ0) is 22.1. The van der Waals surface area contributed by atoms with Crippen molar-refractivity contribution in [2.75, 3.05) is 25.1 Å². The third-order valence-electron chi connectivity index (χ3n) is 3.82. The summed E-state index contributed by atoms with van der Waals surface area (Å²) in [5.41, 5.74) is -0.0539. The maximum Gasteiger partial charge on any atom is 0.416 e. The van der Waals surface area contributed by atoms with E-state index in [0.717, 1.165) is 18.6 Å². The van der Waals surface area contributed by atoms with E-state index in [4.69, 9.17) is 55.9 Å². The van der Waals surface area contributed by atoms with Gasteiger partial charge >= 0.3 is 6.18 Å². The topological polar surface area (TPSA) is 30.5 Å². The third kappa shape index (κ3) is 8.34. The highest BCUT2D eigenvalue weighted by atomic mass is 35.5. The van der Waals surface area contributed by atoms with Gasteiger partial charge in [-0.25, -0.2) is 0 Å². The second-order valence-electron chi connectivity index (χ2n) is 6.08. The molecule has 0 saturated heterocycles. The van der Waals surface area contributed by atoms with E-state index in [1.54, 1.807) is 12.1 Å². The number of hydrogen-bond acceptors (Lipinski definition) is 3. The molecule has 0 radical (unpaired) electrons. The Bertz CT molecular complexity index is 831. The number of nitrogens with one attached hydrogen (secondary N) is 1. The van der Waals surface area contributed by atoms with Crippen molar-refractivity contribution in [2.24, 2.45) is 0 Å². The van der Waals surface area contributed by atoms with E-state index in [1.165, 1.54) is 18.2 Å². The van der Waals surface area contributed by atoms with E-state index in [1.807, 2.05) is 0 Å². The van der Waals surface area contributed by atoms with Gasteiger partial charge in [-0.1, -0.05) is 46.4 Å². The molecule has 0 spiro atoms. The zero-order valence-electron chi connectivity index (χ0n) is 15.5. The first kappa shape index (κ1) is 24.8. The van der Waals surface area contributed by atoms with E-state index in [2.05, 4.69) is 5.32 Å². The number of hydrogen-bond donors (Lipinski definition) is 1. The number of benzene rings is 2. The fourth-order valence-corrected chi connectivity index (χ4v) is 3.07. The van der Waals surface area contributed by atoms with Crippen LogP contribution in [0.2, 0.25) is 10.0 Å². The number of rotatable bonds is 10. The molecule has 0 aliphatic rings. The molecule has 0 aromatic heterocycles. The van der Waals surface area contributed by atoms with E-state index in [9.17, 15) is 13.2 Å². The van der Waals surface area contributed by atoms with Gasteiger partial charge in [0.05, 0.1) is 22.2 Å². The van der Waals surface area contributed by atoms with Crippen molar-refractivity contribution in [3.05, 3.63) is 62.6 Å². The Morgan fingerprint density at radius 2 is 1.60 bits per heavy atom. The molecule has 10 heteroatoms. The highest BCUT2D eigenvalue weighted by molar-refractivity contribution is 6.55. The molecule has 0 aliphatic carbocycles. The Hall–Kier alpha value is -1.47. The first-order chi connectivity index (χ1) is 14.2. The minimum atomic E-state index is -4.34. The number of alkyl halides is 3. The summed E-state index contributed by atoms with van der Waals surface area (Å²) in [5, 5.41) is 3.68. The van der Waals surface area contributed by atoms with Crippen LogP contribution in [-0.2, 0) is 6.18 Å². The molecule has 2 rings (SSSR count). The molecule has 164 valence electrons. The van der Waals surface area contributed by atoms with E-state index < -0.39 is 11.7 Å². The largest absolute Gasteiger partial charge is 0.490 e. The summed E-state index contributed by atoms with van der Waals surface area (Å²) in [6.07, 6.45) is -1.42. The number of ether oxygens (including phenoxy) is 2. The monoisotopic (exact) mass is 501 g/mol. The lowest BCUT2D eigenvalue weighted by Crippen LogP contribution is -2.07. The molecule has 0 amide bonds. The molecule has 0 unspecified atom stereocenters. The fourth-order valence-electron chi connectivity index (χ4n) is 2.37. The molecule has 0 bridgehead atoms. The molecular formula is C20H18Cl4F3NO2. The average Bonchev–Trinajstić information content (AvgIpc) is 2.65. The van der Waals surface area contributed by atoms with Gasteiger partial charge < -0.3 is 14.8 Å². The highest BCUT2D eigenvalue weighted by Gasteiger charge is 2.29. The average molecular weight is 503 g/mol. The lowest BCUT2D eigenvalue weighted by molar-refractivity contribution is -0.137. The van der Waals surface area contributed by atoms with Gasteiger partial charge in [0.25, 0.3) is 0 Å². The van der Waals surface area contributed by atoms with Crippen molar-refractivity contribution in [1.82, 2.24) is 0 Å². The van der Waals surface area contributed by atoms with Crippen molar-refractivity contribution in [3.8, 4) is 11.5 Å². The molecule has 2 aromatic rings. The van der Waals surface area contributed by atoms with Gasteiger partial charge in [0.1, 0.15) is 16.8 Å². The van der Waals surface area contributed by atoms with Gasteiger partial charge in [-0.15, -0.1) is 0 Å². The molecule has 0 heterocycles. The number of halogens is 7. The standard InChI is InChI=1S/C20H18Cl4F3NO2/c21-16-11-15(29-10-7-18(23)24)12-17(22)19(16)30-9-2-1-8-28-14-5-3-13(4-6-14)20(25,26)27/h3-7,11-12,28H,1-2,8-10H2. The van der Waals surface area contributed by atoms with Crippen molar-refractivity contribution >= 4 is 52.1 Å². The SMILES string of the molecule is FC(F)(F)c1ccc(NCCCCOc2c(Cl)cc(OCC=C(Cl)Cl)cc2Cl)cc1. The van der Waals surface area contributed by atoms with E-state index in [-0.39, 0.29) is 11.1 Å². The predicted octanol–water partition coefficient (Wildman–Crippen LogP) is 7.98. The minimum Gasteiger partial charge on any atom is -0.490 e. The quantitative estimate of drug-likeness (QED) is 0.334. The highest BCUT2D eigenvalue weighted by Crippen LogP contribution is 2.37. The first-order valence-electron chi connectivity index (χ1n) is 8.84. The van der Waals surface area contributed by atoms with Crippen molar-refractivity contribution in [2.45, 2.75) is 19.0 Å². The van der Waals surface area contributed by atoms with Crippen LogP contribution in [0.3, 0.4) is 0 Å². The van der Waals surface area contributed by atoms with Crippen LogP contribution >= 0.6 is 46.4 Å². The number of anilines is 1. The lowest BCUT2D eigenvalue weighted by atomic mass is 10.2. The predicted molar refractivity (Wildman–Crippen MR) is 116 cm³/mol. The minimum absolute atomic E-state index is 0.0972. The van der Waals surface area contributed by atoms with Gasteiger partial charge in [-0.2, -0.15) is 13.2 Å². The maximum absolute atomic E-state index is 12.5. The van der Waals surface area contributed by atoms with Crippen molar-refractivity contribution in [1.29, 1.82) is 0 Å². The van der Waals surface area contributed by atoms with E-state index >= 15 is 0 Å². The molecule has 1 N–H and O–H groups in total. The summed E-state index contributed by atoms with van der Waals surface area (Å²) in [7, 11) is 0. The molecule has 0 aliphatic heterocycles. The van der Waals surface area contributed by atoms with Gasteiger partial charge in [0, 0.05) is 24.4 Å². The fraction of sp³-hybridized carbons (Fsp3) is 0.300. The van der Waals surface area contributed by atoms with Crippen LogP contribution < -0.4 is 14.8 Å². The van der Waals surface area contributed by atoms with Crippen LogP contribution in [0.1, 0.15) is 18.4 Å². The summed E-state index contributed by atoms with van der Waals surface area (Å²) >= 11 is 23.4. The second-order valence-corrected chi connectivity index (χ2v) is 7.90. The van der Waals surface area contributed by atoms with Crippen LogP contribution in [0.4, 0.5) is 18.9 Å². The molecular weight excluding hydrogens is 485 g/mol. The Morgan fingerprint density at radius 3 is 2.17 bits per heavy atom. The normalized spacial score (nSPS) is 11.2. The molecule has 30 heavy (non-hydrogen) atoms. The van der Waals surface area contributed by atoms with Gasteiger partial charge in [0.2, 0.25) is 0 Å². The third-order valence-corrected chi connectivity index (χ3v) is 4.69. The zero-order valence-corrected chi connectivity index (χ0v) is 18.6. The maximum atomic E-state index is 12.5.